The molecule has 0 aromatic heterocycles. The summed E-state index contributed by atoms with van der Waals surface area (Å²) in [7, 11) is 0. The van der Waals surface area contributed by atoms with E-state index in [-0.39, 0.29) is 12.1 Å². The summed E-state index contributed by atoms with van der Waals surface area (Å²) in [5.74, 6) is 1.50. The number of nitrogens with zero attached hydrogens (tertiary/aromatic N) is 2. The van der Waals surface area contributed by atoms with Gasteiger partial charge in [0.2, 0.25) is 0 Å². The molecule has 2 aromatic carbocycles. The maximum Gasteiger partial charge on any atom is 0.410 e. The van der Waals surface area contributed by atoms with Crippen LogP contribution in [0.1, 0.15) is 63.6 Å². The van der Waals surface area contributed by atoms with E-state index in [1.165, 1.54) is 17.5 Å². The molecule has 4 aliphatic rings. The van der Waals surface area contributed by atoms with Crippen molar-refractivity contribution in [2.75, 3.05) is 13.1 Å². The lowest BCUT2D eigenvalue weighted by atomic mass is 9.65. The Kier molecular flexibility index (Phi) is 5.53. The van der Waals surface area contributed by atoms with Crippen molar-refractivity contribution in [3.05, 3.63) is 71.8 Å². The molecule has 170 valence electrons. The van der Waals surface area contributed by atoms with Crippen LogP contribution in [0.4, 0.5) is 4.79 Å². The molecule has 32 heavy (non-hydrogen) atoms. The molecule has 4 heteroatoms. The van der Waals surface area contributed by atoms with Gasteiger partial charge in [-0.25, -0.2) is 4.79 Å². The Balaban J connectivity index is 1.33. The number of hydrogen-bond acceptors (Lipinski definition) is 3. The van der Waals surface area contributed by atoms with E-state index in [0.717, 1.165) is 19.5 Å². The number of piperidine rings is 2. The minimum atomic E-state index is -0.473. The molecule has 6 rings (SSSR count). The average molecular weight is 433 g/mol. The van der Waals surface area contributed by atoms with Crippen LogP contribution < -0.4 is 0 Å². The predicted molar refractivity (Wildman–Crippen MR) is 127 cm³/mol. The molecule has 4 nitrogen and oxygen atoms in total. The minimum absolute atomic E-state index is 0.120. The van der Waals surface area contributed by atoms with Crippen LogP contribution in [-0.4, -0.2) is 46.7 Å². The van der Waals surface area contributed by atoms with Gasteiger partial charge in [0.05, 0.1) is 0 Å². The monoisotopic (exact) mass is 432 g/mol. The molecule has 1 amide bonds. The first kappa shape index (κ1) is 21.5. The molecule has 2 aliphatic heterocycles. The quantitative estimate of drug-likeness (QED) is 0.593. The van der Waals surface area contributed by atoms with Crippen molar-refractivity contribution in [3.63, 3.8) is 0 Å². The third-order valence-electron chi connectivity index (χ3n) is 7.61. The SMILES string of the molecule is C[C@H](c1ccccc1)N1C[C@H]2C[C@@H](C1)C2N(C(=O)OC(C)(C)C)[C@H]1C[C@@H]1c1ccccc1. The number of benzene rings is 2. The Labute approximate surface area is 192 Å². The molecule has 6 atom stereocenters. The van der Waals surface area contributed by atoms with Crippen molar-refractivity contribution in [3.8, 4) is 0 Å². The summed E-state index contributed by atoms with van der Waals surface area (Å²) < 4.78 is 5.92. The van der Waals surface area contributed by atoms with E-state index in [9.17, 15) is 4.79 Å². The lowest BCUT2D eigenvalue weighted by molar-refractivity contribution is -0.0917. The standard InChI is InChI=1S/C28H36N2O2/c1-19(20-11-7-5-8-12-20)29-17-22-15-23(18-29)26(22)30(27(31)32-28(2,3)4)25-16-24(25)21-13-9-6-10-14-21/h5-14,19,22-26H,15-18H2,1-4H3/t19-,22-,23+,24-,25+,26?/m1/s1. The molecular formula is C28H36N2O2. The van der Waals surface area contributed by atoms with Crippen LogP contribution in [-0.2, 0) is 4.74 Å². The van der Waals surface area contributed by atoms with E-state index >= 15 is 0 Å². The number of hydrogen-bond donors (Lipinski definition) is 0. The third kappa shape index (κ3) is 4.17. The maximum atomic E-state index is 13.4. The zero-order chi connectivity index (χ0) is 22.5. The molecule has 2 aromatic rings. The Morgan fingerprint density at radius 1 is 0.969 bits per heavy atom. The number of ether oxygens (including phenoxy) is 1. The zero-order valence-corrected chi connectivity index (χ0v) is 19.8. The normalized spacial score (nSPS) is 30.2. The van der Waals surface area contributed by atoms with Crippen LogP contribution in [0, 0.1) is 11.8 Å². The smallest absolute Gasteiger partial charge is 0.410 e. The van der Waals surface area contributed by atoms with Crippen molar-refractivity contribution in [1.82, 2.24) is 9.80 Å². The fourth-order valence-electron chi connectivity index (χ4n) is 5.95. The largest absolute Gasteiger partial charge is 0.444 e. The minimum Gasteiger partial charge on any atom is -0.444 e. The molecule has 0 radical (unpaired) electrons. The fourth-order valence-corrected chi connectivity index (χ4v) is 5.95. The van der Waals surface area contributed by atoms with Crippen molar-refractivity contribution in [1.29, 1.82) is 0 Å². The van der Waals surface area contributed by atoms with Crippen LogP contribution in [0.2, 0.25) is 0 Å². The predicted octanol–water partition coefficient (Wildman–Crippen LogP) is 5.86. The fraction of sp³-hybridized carbons (Fsp3) is 0.536. The summed E-state index contributed by atoms with van der Waals surface area (Å²) >= 11 is 0. The van der Waals surface area contributed by atoms with E-state index in [4.69, 9.17) is 4.74 Å². The van der Waals surface area contributed by atoms with Crippen LogP contribution in [0.3, 0.4) is 0 Å². The van der Waals surface area contributed by atoms with Crippen LogP contribution in [0.5, 0.6) is 0 Å². The Hall–Kier alpha value is -2.33. The van der Waals surface area contributed by atoms with Crippen LogP contribution in [0.15, 0.2) is 60.7 Å². The molecule has 2 saturated heterocycles. The summed E-state index contributed by atoms with van der Waals surface area (Å²) in [5.41, 5.74) is 2.25. The number of amides is 1. The Morgan fingerprint density at radius 2 is 1.56 bits per heavy atom. The van der Waals surface area contributed by atoms with Gasteiger partial charge in [0.15, 0.2) is 0 Å². The maximum absolute atomic E-state index is 13.4. The van der Waals surface area contributed by atoms with E-state index in [0.29, 0.717) is 29.8 Å². The highest BCUT2D eigenvalue weighted by atomic mass is 16.6. The van der Waals surface area contributed by atoms with Gasteiger partial charge in [-0.2, -0.15) is 0 Å². The van der Waals surface area contributed by atoms with Gasteiger partial charge in [-0.1, -0.05) is 60.7 Å². The number of carbonyl (C=O) groups is 1. The average Bonchev–Trinajstić information content (AvgIpc) is 3.57. The molecule has 2 bridgehead atoms. The summed E-state index contributed by atoms with van der Waals surface area (Å²) in [4.78, 5) is 18.2. The molecule has 0 spiro atoms. The van der Waals surface area contributed by atoms with Crippen molar-refractivity contribution >= 4 is 6.09 Å². The highest BCUT2D eigenvalue weighted by molar-refractivity contribution is 5.70. The molecule has 1 unspecified atom stereocenters. The lowest BCUT2D eigenvalue weighted by Gasteiger charge is -2.58. The van der Waals surface area contributed by atoms with Gasteiger partial charge in [-0.3, -0.25) is 4.90 Å². The number of fused-ring (bicyclic) bond motifs is 2. The molecule has 0 N–H and O–H groups in total. The number of carbonyl (C=O) groups excluding carboxylic acids is 1. The Morgan fingerprint density at radius 3 is 2.16 bits per heavy atom. The van der Waals surface area contributed by atoms with Crippen molar-refractivity contribution in [2.45, 2.75) is 70.2 Å². The van der Waals surface area contributed by atoms with Crippen LogP contribution in [0.25, 0.3) is 0 Å². The second kappa shape index (κ2) is 8.22. The van der Waals surface area contributed by atoms with Gasteiger partial charge in [-0.05, 0) is 63.5 Å². The second-order valence-electron chi connectivity index (χ2n) is 11.0. The highest BCUT2D eigenvalue weighted by Gasteiger charge is 2.57. The first-order valence-electron chi connectivity index (χ1n) is 12.2. The van der Waals surface area contributed by atoms with Gasteiger partial charge in [0.25, 0.3) is 0 Å². The van der Waals surface area contributed by atoms with E-state index in [1.54, 1.807) is 0 Å². The van der Waals surface area contributed by atoms with Gasteiger partial charge in [0, 0.05) is 37.1 Å². The van der Waals surface area contributed by atoms with Gasteiger partial charge >= 0.3 is 6.09 Å². The van der Waals surface area contributed by atoms with Crippen molar-refractivity contribution < 1.29 is 9.53 Å². The van der Waals surface area contributed by atoms with Gasteiger partial charge in [-0.15, -0.1) is 0 Å². The van der Waals surface area contributed by atoms with E-state index in [1.807, 2.05) is 20.8 Å². The molecular weight excluding hydrogens is 396 g/mol. The summed E-state index contributed by atoms with van der Waals surface area (Å²) in [6, 6.07) is 22.4. The first-order chi connectivity index (χ1) is 15.3. The highest BCUT2D eigenvalue weighted by Crippen LogP contribution is 2.52. The number of rotatable bonds is 5. The molecule has 2 aliphatic carbocycles. The Bertz CT molecular complexity index is 927. The summed E-state index contributed by atoms with van der Waals surface area (Å²) in [6.07, 6.45) is 2.15. The topological polar surface area (TPSA) is 32.8 Å². The summed E-state index contributed by atoms with van der Waals surface area (Å²) in [6.45, 7) is 10.3. The molecule has 2 saturated carbocycles. The van der Waals surface area contributed by atoms with Crippen LogP contribution >= 0.6 is 0 Å². The van der Waals surface area contributed by atoms with Gasteiger partial charge < -0.3 is 9.64 Å². The molecule has 4 fully saturated rings. The lowest BCUT2D eigenvalue weighted by Crippen LogP contribution is -2.66. The first-order valence-corrected chi connectivity index (χ1v) is 12.2. The van der Waals surface area contributed by atoms with Gasteiger partial charge in [0.1, 0.15) is 5.60 Å². The third-order valence-corrected chi connectivity index (χ3v) is 7.61. The van der Waals surface area contributed by atoms with E-state index in [2.05, 4.69) is 77.4 Å². The second-order valence-corrected chi connectivity index (χ2v) is 11.0. The molecule has 2 heterocycles. The zero-order valence-electron chi connectivity index (χ0n) is 19.8. The van der Waals surface area contributed by atoms with E-state index < -0.39 is 5.60 Å². The summed E-state index contributed by atoms with van der Waals surface area (Å²) in [5, 5.41) is 0. The van der Waals surface area contributed by atoms with Crippen molar-refractivity contribution in [2.24, 2.45) is 11.8 Å².